The predicted octanol–water partition coefficient (Wildman–Crippen LogP) is 5.05. The van der Waals surface area contributed by atoms with Crippen LogP contribution in [0.3, 0.4) is 0 Å². The topological polar surface area (TPSA) is 37.3 Å². The van der Waals surface area contributed by atoms with Crippen LogP contribution in [0.2, 0.25) is 0 Å². The van der Waals surface area contributed by atoms with Crippen LogP contribution in [-0.4, -0.2) is 11.1 Å². The molecule has 1 saturated carbocycles. The molecule has 0 atom stereocenters. The maximum absolute atomic E-state index is 13.2. The highest BCUT2D eigenvalue weighted by molar-refractivity contribution is 9.10. The van der Waals surface area contributed by atoms with Gasteiger partial charge in [-0.3, -0.25) is 4.79 Å². The van der Waals surface area contributed by atoms with Gasteiger partial charge in [0, 0.05) is 4.47 Å². The van der Waals surface area contributed by atoms with Gasteiger partial charge in [-0.2, -0.15) is 0 Å². The number of hydrogen-bond donors (Lipinski definition) is 1. The SMILES string of the molecule is CC(C)C1CCC(Cc2ccc(F)cc2Br)(C(=O)O)CC1. The lowest BCUT2D eigenvalue weighted by Crippen LogP contribution is -2.38. The Morgan fingerprint density at radius 1 is 1.43 bits per heavy atom. The first-order chi connectivity index (χ1) is 9.84. The zero-order valence-corrected chi connectivity index (χ0v) is 14.1. The molecule has 1 aromatic carbocycles. The molecule has 0 unspecified atom stereocenters. The van der Waals surface area contributed by atoms with Crippen LogP contribution in [0.25, 0.3) is 0 Å². The molecule has 0 spiro atoms. The molecular weight excluding hydrogens is 335 g/mol. The van der Waals surface area contributed by atoms with Gasteiger partial charge in [-0.05, 0) is 61.6 Å². The van der Waals surface area contributed by atoms with E-state index in [2.05, 4.69) is 29.8 Å². The molecule has 21 heavy (non-hydrogen) atoms. The van der Waals surface area contributed by atoms with Crippen LogP contribution in [0.4, 0.5) is 4.39 Å². The smallest absolute Gasteiger partial charge is 0.309 e. The largest absolute Gasteiger partial charge is 0.481 e. The van der Waals surface area contributed by atoms with E-state index in [1.165, 1.54) is 12.1 Å². The zero-order valence-electron chi connectivity index (χ0n) is 12.5. The van der Waals surface area contributed by atoms with Gasteiger partial charge in [0.2, 0.25) is 0 Å². The summed E-state index contributed by atoms with van der Waals surface area (Å²) in [7, 11) is 0. The number of carboxylic acids is 1. The van der Waals surface area contributed by atoms with Gasteiger partial charge in [0.25, 0.3) is 0 Å². The van der Waals surface area contributed by atoms with Crippen LogP contribution in [0, 0.1) is 23.1 Å². The Morgan fingerprint density at radius 2 is 2.05 bits per heavy atom. The Bertz CT molecular complexity index is 520. The Hall–Kier alpha value is -0.900. The molecule has 2 rings (SSSR count). The standard InChI is InChI=1S/C17H22BrFO2/c1-11(2)12-5-7-17(8-6-12,16(20)21)10-13-3-4-14(19)9-15(13)18/h3-4,9,11-12H,5-8,10H2,1-2H3,(H,20,21). The van der Waals surface area contributed by atoms with Crippen molar-refractivity contribution in [2.75, 3.05) is 0 Å². The van der Waals surface area contributed by atoms with Crippen molar-refractivity contribution in [1.82, 2.24) is 0 Å². The van der Waals surface area contributed by atoms with Crippen molar-refractivity contribution in [3.63, 3.8) is 0 Å². The normalized spacial score (nSPS) is 26.0. The molecule has 0 bridgehead atoms. The second-order valence-electron chi connectivity index (χ2n) is 6.58. The second-order valence-corrected chi connectivity index (χ2v) is 7.43. The van der Waals surface area contributed by atoms with Gasteiger partial charge in [0.15, 0.2) is 0 Å². The van der Waals surface area contributed by atoms with E-state index < -0.39 is 11.4 Å². The predicted molar refractivity (Wildman–Crippen MR) is 84.7 cm³/mol. The minimum Gasteiger partial charge on any atom is -0.481 e. The summed E-state index contributed by atoms with van der Waals surface area (Å²) in [6, 6.07) is 4.50. The van der Waals surface area contributed by atoms with E-state index in [-0.39, 0.29) is 5.82 Å². The van der Waals surface area contributed by atoms with Crippen LogP contribution < -0.4 is 0 Å². The fourth-order valence-corrected chi connectivity index (χ4v) is 3.85. The molecule has 0 amide bonds. The number of carboxylic acid groups (broad SMARTS) is 1. The minimum absolute atomic E-state index is 0.307. The third kappa shape index (κ3) is 3.65. The fourth-order valence-electron chi connectivity index (χ4n) is 3.36. The molecule has 0 radical (unpaired) electrons. The van der Waals surface area contributed by atoms with Crippen LogP contribution in [0.5, 0.6) is 0 Å². The van der Waals surface area contributed by atoms with Crippen molar-refractivity contribution in [3.8, 4) is 0 Å². The number of rotatable bonds is 4. The average Bonchev–Trinajstić information content (AvgIpc) is 2.42. The highest BCUT2D eigenvalue weighted by atomic mass is 79.9. The van der Waals surface area contributed by atoms with Crippen LogP contribution in [0.15, 0.2) is 22.7 Å². The van der Waals surface area contributed by atoms with Crippen LogP contribution >= 0.6 is 15.9 Å². The summed E-state index contributed by atoms with van der Waals surface area (Å²) in [5, 5.41) is 9.73. The molecule has 4 heteroatoms. The highest BCUT2D eigenvalue weighted by Crippen LogP contribution is 2.44. The third-order valence-corrected chi connectivity index (χ3v) is 5.67. The molecule has 1 aromatic rings. The average molecular weight is 357 g/mol. The minimum atomic E-state index is -0.721. The van der Waals surface area contributed by atoms with Gasteiger partial charge in [-0.25, -0.2) is 4.39 Å². The number of aliphatic carboxylic acids is 1. The number of benzene rings is 1. The molecule has 1 aliphatic rings. The second kappa shape index (κ2) is 6.47. The Balaban J connectivity index is 2.19. The molecule has 0 aromatic heterocycles. The molecule has 1 fully saturated rings. The molecule has 116 valence electrons. The molecule has 0 saturated heterocycles. The van der Waals surface area contributed by atoms with Crippen molar-refractivity contribution in [2.45, 2.75) is 46.0 Å². The van der Waals surface area contributed by atoms with E-state index in [9.17, 15) is 14.3 Å². The maximum atomic E-state index is 13.2. The molecule has 1 N–H and O–H groups in total. The lowest BCUT2D eigenvalue weighted by atomic mass is 9.65. The van der Waals surface area contributed by atoms with Gasteiger partial charge in [0.1, 0.15) is 5.82 Å². The van der Waals surface area contributed by atoms with E-state index in [1.807, 2.05) is 0 Å². The van der Waals surface area contributed by atoms with E-state index in [0.29, 0.717) is 35.6 Å². The summed E-state index contributed by atoms with van der Waals surface area (Å²) in [6.07, 6.45) is 3.80. The first-order valence-electron chi connectivity index (χ1n) is 7.51. The molecule has 0 heterocycles. The third-order valence-electron chi connectivity index (χ3n) is 4.93. The van der Waals surface area contributed by atoms with Gasteiger partial charge in [-0.1, -0.05) is 35.8 Å². The lowest BCUT2D eigenvalue weighted by Gasteiger charge is -2.38. The highest BCUT2D eigenvalue weighted by Gasteiger charge is 2.42. The van der Waals surface area contributed by atoms with Gasteiger partial charge in [-0.15, -0.1) is 0 Å². The van der Waals surface area contributed by atoms with E-state index in [1.54, 1.807) is 6.07 Å². The van der Waals surface area contributed by atoms with Crippen molar-refractivity contribution < 1.29 is 14.3 Å². The van der Waals surface area contributed by atoms with E-state index in [0.717, 1.165) is 18.4 Å². The monoisotopic (exact) mass is 356 g/mol. The molecule has 1 aliphatic carbocycles. The lowest BCUT2D eigenvalue weighted by molar-refractivity contribution is -0.151. The first kappa shape index (κ1) is 16.5. The molecule has 2 nitrogen and oxygen atoms in total. The van der Waals surface area contributed by atoms with Crippen molar-refractivity contribution in [3.05, 3.63) is 34.1 Å². The summed E-state index contributed by atoms with van der Waals surface area (Å²) in [6.45, 7) is 4.41. The van der Waals surface area contributed by atoms with Crippen molar-refractivity contribution in [2.24, 2.45) is 17.3 Å². The number of carbonyl (C=O) groups is 1. The number of halogens is 2. The molecular formula is C17H22BrFO2. The first-order valence-corrected chi connectivity index (χ1v) is 8.31. The zero-order chi connectivity index (χ0) is 15.6. The van der Waals surface area contributed by atoms with Crippen LogP contribution in [-0.2, 0) is 11.2 Å². The Kier molecular flexibility index (Phi) is 5.07. The Labute approximate surface area is 133 Å². The summed E-state index contributed by atoms with van der Waals surface area (Å²) in [4.78, 5) is 11.8. The van der Waals surface area contributed by atoms with E-state index in [4.69, 9.17) is 0 Å². The van der Waals surface area contributed by atoms with Gasteiger partial charge >= 0.3 is 5.97 Å². The van der Waals surface area contributed by atoms with Crippen molar-refractivity contribution in [1.29, 1.82) is 0 Å². The summed E-state index contributed by atoms with van der Waals surface area (Å²) < 4.78 is 13.8. The molecule has 0 aliphatic heterocycles. The summed E-state index contributed by atoms with van der Waals surface area (Å²) in [5.74, 6) is 0.197. The quantitative estimate of drug-likeness (QED) is 0.819. The van der Waals surface area contributed by atoms with Gasteiger partial charge in [0.05, 0.1) is 5.41 Å². The van der Waals surface area contributed by atoms with Crippen molar-refractivity contribution >= 4 is 21.9 Å². The van der Waals surface area contributed by atoms with Gasteiger partial charge < -0.3 is 5.11 Å². The fraction of sp³-hybridized carbons (Fsp3) is 0.588. The number of hydrogen-bond acceptors (Lipinski definition) is 1. The summed E-state index contributed by atoms with van der Waals surface area (Å²) >= 11 is 3.35. The van der Waals surface area contributed by atoms with Crippen LogP contribution in [0.1, 0.15) is 45.1 Å². The summed E-state index contributed by atoms with van der Waals surface area (Å²) in [5.41, 5.74) is 0.174. The Morgan fingerprint density at radius 3 is 2.52 bits per heavy atom. The maximum Gasteiger partial charge on any atom is 0.309 e. The van der Waals surface area contributed by atoms with E-state index >= 15 is 0 Å².